The Balaban J connectivity index is 1.65. The molecule has 0 spiro atoms. The fraction of sp³-hybridized carbons (Fsp3) is 0.588. The molecule has 0 radical (unpaired) electrons. The van der Waals surface area contributed by atoms with Gasteiger partial charge in [0, 0.05) is 10.9 Å². The number of thiophene rings is 1. The van der Waals surface area contributed by atoms with Crippen LogP contribution in [0.3, 0.4) is 0 Å². The van der Waals surface area contributed by atoms with E-state index < -0.39 is 0 Å². The molecule has 2 heterocycles. The van der Waals surface area contributed by atoms with Crippen LogP contribution in [-0.4, -0.2) is 28.5 Å². The maximum Gasteiger partial charge on any atom is 0.239 e. The summed E-state index contributed by atoms with van der Waals surface area (Å²) in [6, 6.07) is 0.314. The third-order valence-electron chi connectivity index (χ3n) is 4.84. The maximum atomic E-state index is 12.2. The molecule has 1 aliphatic carbocycles. The minimum absolute atomic E-state index is 0.0418. The fourth-order valence-electron chi connectivity index (χ4n) is 3.27. The van der Waals surface area contributed by atoms with Gasteiger partial charge in [0.2, 0.25) is 5.91 Å². The van der Waals surface area contributed by atoms with E-state index in [-0.39, 0.29) is 12.5 Å². The van der Waals surface area contributed by atoms with E-state index in [9.17, 15) is 4.79 Å². The number of aromatic nitrogens is 2. The van der Waals surface area contributed by atoms with Crippen LogP contribution in [0.1, 0.15) is 43.0 Å². The molecule has 1 aliphatic rings. The molecule has 2 aromatic rings. The number of carbonyl (C=O) groups is 1. The first-order valence-corrected chi connectivity index (χ1v) is 9.12. The number of carbonyl (C=O) groups excluding carboxylic acids is 1. The summed E-state index contributed by atoms with van der Waals surface area (Å²) in [5.41, 5.74) is 1.19. The van der Waals surface area contributed by atoms with E-state index >= 15 is 0 Å². The number of amides is 1. The van der Waals surface area contributed by atoms with Crippen molar-refractivity contribution in [1.29, 1.82) is 0 Å². The van der Waals surface area contributed by atoms with Crippen LogP contribution >= 0.6 is 11.3 Å². The average molecular weight is 332 g/mol. The molecule has 0 bridgehead atoms. The minimum Gasteiger partial charge on any atom is -0.360 e. The molecule has 1 fully saturated rings. The molecule has 1 saturated carbocycles. The van der Waals surface area contributed by atoms with Crippen LogP contribution in [0.15, 0.2) is 6.33 Å². The van der Waals surface area contributed by atoms with Crippen LogP contribution in [0.2, 0.25) is 0 Å². The zero-order valence-electron chi connectivity index (χ0n) is 14.0. The molecule has 5 nitrogen and oxygen atoms in total. The highest BCUT2D eigenvalue weighted by Crippen LogP contribution is 2.32. The third kappa shape index (κ3) is 3.47. The average Bonchev–Trinajstić information content (AvgIpc) is 2.83. The van der Waals surface area contributed by atoms with Gasteiger partial charge in [0.05, 0.1) is 11.9 Å². The van der Waals surface area contributed by atoms with Crippen molar-refractivity contribution in [2.24, 2.45) is 5.92 Å². The summed E-state index contributed by atoms with van der Waals surface area (Å²) in [6.45, 7) is 6.64. The van der Waals surface area contributed by atoms with E-state index in [4.69, 9.17) is 0 Å². The minimum atomic E-state index is 0.0418. The highest BCUT2D eigenvalue weighted by atomic mass is 32.1. The molecule has 2 unspecified atom stereocenters. The Morgan fingerprint density at radius 1 is 1.30 bits per heavy atom. The maximum absolute atomic E-state index is 12.2. The highest BCUT2D eigenvalue weighted by Gasteiger charge is 2.22. The summed E-state index contributed by atoms with van der Waals surface area (Å²) in [5.74, 6) is 1.36. The molecule has 1 amide bonds. The molecular weight excluding hydrogens is 308 g/mol. The zero-order valence-corrected chi connectivity index (χ0v) is 14.8. The molecule has 2 aromatic heterocycles. The summed E-state index contributed by atoms with van der Waals surface area (Å²) in [6.07, 6.45) is 6.34. The van der Waals surface area contributed by atoms with E-state index in [0.29, 0.717) is 12.0 Å². The predicted molar refractivity (Wildman–Crippen MR) is 94.9 cm³/mol. The van der Waals surface area contributed by atoms with Gasteiger partial charge >= 0.3 is 0 Å². The number of hydrogen-bond donors (Lipinski definition) is 2. The summed E-state index contributed by atoms with van der Waals surface area (Å²) >= 11 is 1.66. The Labute approximate surface area is 140 Å². The van der Waals surface area contributed by atoms with Crippen molar-refractivity contribution in [2.45, 2.75) is 52.5 Å². The standard InChI is InChI=1S/C17H24N4OS/c1-10-6-4-5-7-13(10)21-14(22)8-18-16-15-11(2)12(3)23-17(15)20-9-19-16/h9-10,13H,4-8H2,1-3H3,(H,21,22)(H,18,19,20). The van der Waals surface area contributed by atoms with Crippen LogP contribution in [0.5, 0.6) is 0 Å². The first kappa shape index (κ1) is 16.2. The summed E-state index contributed by atoms with van der Waals surface area (Å²) in [5, 5.41) is 7.39. The number of nitrogens with zero attached hydrogens (tertiary/aromatic N) is 2. The lowest BCUT2D eigenvalue weighted by Crippen LogP contribution is -2.43. The Morgan fingerprint density at radius 2 is 2.09 bits per heavy atom. The Hall–Kier alpha value is -1.69. The number of anilines is 1. The van der Waals surface area contributed by atoms with Gasteiger partial charge in [0.25, 0.3) is 0 Å². The summed E-state index contributed by atoms with van der Waals surface area (Å²) < 4.78 is 0. The second-order valence-corrected chi connectivity index (χ2v) is 7.68. The second kappa shape index (κ2) is 6.83. The van der Waals surface area contributed by atoms with Crippen molar-refractivity contribution in [3.05, 3.63) is 16.8 Å². The van der Waals surface area contributed by atoms with E-state index in [1.54, 1.807) is 17.7 Å². The molecule has 2 atom stereocenters. The fourth-order valence-corrected chi connectivity index (χ4v) is 4.27. The van der Waals surface area contributed by atoms with Gasteiger partial charge in [-0.3, -0.25) is 4.79 Å². The van der Waals surface area contributed by atoms with Crippen molar-refractivity contribution >= 4 is 33.3 Å². The van der Waals surface area contributed by atoms with Gasteiger partial charge in [0.15, 0.2) is 0 Å². The van der Waals surface area contributed by atoms with Crippen molar-refractivity contribution in [3.63, 3.8) is 0 Å². The van der Waals surface area contributed by atoms with Gasteiger partial charge in [-0.25, -0.2) is 9.97 Å². The highest BCUT2D eigenvalue weighted by molar-refractivity contribution is 7.18. The SMILES string of the molecule is Cc1sc2ncnc(NCC(=O)NC3CCCCC3C)c2c1C. The Kier molecular flexibility index (Phi) is 4.80. The van der Waals surface area contributed by atoms with Crippen LogP contribution in [-0.2, 0) is 4.79 Å². The predicted octanol–water partition coefficient (Wildman–Crippen LogP) is 3.41. The smallest absolute Gasteiger partial charge is 0.239 e. The van der Waals surface area contributed by atoms with Gasteiger partial charge in [-0.2, -0.15) is 0 Å². The number of fused-ring (bicyclic) bond motifs is 1. The van der Waals surface area contributed by atoms with Crippen molar-refractivity contribution in [1.82, 2.24) is 15.3 Å². The first-order valence-electron chi connectivity index (χ1n) is 8.30. The molecule has 2 N–H and O–H groups in total. The zero-order chi connectivity index (χ0) is 16.4. The largest absolute Gasteiger partial charge is 0.360 e. The molecule has 0 aliphatic heterocycles. The molecule has 3 rings (SSSR count). The van der Waals surface area contributed by atoms with Crippen LogP contribution < -0.4 is 10.6 Å². The summed E-state index contributed by atoms with van der Waals surface area (Å²) in [4.78, 5) is 23.1. The lowest BCUT2D eigenvalue weighted by Gasteiger charge is -2.29. The topological polar surface area (TPSA) is 66.9 Å². The quantitative estimate of drug-likeness (QED) is 0.900. The van der Waals surface area contributed by atoms with Crippen molar-refractivity contribution in [3.8, 4) is 0 Å². The monoisotopic (exact) mass is 332 g/mol. The van der Waals surface area contributed by atoms with E-state index in [1.165, 1.54) is 29.7 Å². The lowest BCUT2D eigenvalue weighted by molar-refractivity contribution is -0.120. The van der Waals surface area contributed by atoms with Crippen molar-refractivity contribution < 1.29 is 4.79 Å². The molecule has 124 valence electrons. The van der Waals surface area contributed by atoms with Gasteiger partial charge < -0.3 is 10.6 Å². The van der Waals surface area contributed by atoms with Gasteiger partial charge in [-0.1, -0.05) is 19.8 Å². The molecule has 23 heavy (non-hydrogen) atoms. The van der Waals surface area contributed by atoms with E-state index in [2.05, 4.69) is 41.4 Å². The Bertz CT molecular complexity index is 712. The molecular formula is C17H24N4OS. The Morgan fingerprint density at radius 3 is 2.87 bits per heavy atom. The number of hydrogen-bond acceptors (Lipinski definition) is 5. The first-order chi connectivity index (χ1) is 11.1. The normalized spacial score (nSPS) is 21.3. The third-order valence-corrected chi connectivity index (χ3v) is 5.95. The number of rotatable bonds is 4. The summed E-state index contributed by atoms with van der Waals surface area (Å²) in [7, 11) is 0. The van der Waals surface area contributed by atoms with Gasteiger partial charge in [-0.05, 0) is 38.2 Å². The van der Waals surface area contributed by atoms with Crippen LogP contribution in [0, 0.1) is 19.8 Å². The van der Waals surface area contributed by atoms with Crippen molar-refractivity contribution in [2.75, 3.05) is 11.9 Å². The van der Waals surface area contributed by atoms with Crippen LogP contribution in [0.4, 0.5) is 5.82 Å². The van der Waals surface area contributed by atoms with Gasteiger partial charge in [-0.15, -0.1) is 11.3 Å². The molecule has 0 saturated heterocycles. The molecule has 0 aromatic carbocycles. The molecule has 6 heteroatoms. The number of nitrogens with one attached hydrogen (secondary N) is 2. The van der Waals surface area contributed by atoms with E-state index in [0.717, 1.165) is 22.5 Å². The van der Waals surface area contributed by atoms with Crippen LogP contribution in [0.25, 0.3) is 10.2 Å². The number of aryl methyl sites for hydroxylation is 2. The van der Waals surface area contributed by atoms with E-state index in [1.807, 2.05) is 0 Å². The second-order valence-electron chi connectivity index (χ2n) is 6.47. The van der Waals surface area contributed by atoms with Gasteiger partial charge in [0.1, 0.15) is 17.0 Å². The lowest BCUT2D eigenvalue weighted by atomic mass is 9.86.